The molecular formula is C13H20FNO2S. The van der Waals surface area contributed by atoms with Crippen LogP contribution in [0.5, 0.6) is 5.75 Å². The van der Waals surface area contributed by atoms with E-state index in [1.165, 1.54) is 7.11 Å². The summed E-state index contributed by atoms with van der Waals surface area (Å²) in [5.74, 6) is 0.530. The van der Waals surface area contributed by atoms with E-state index in [0.717, 1.165) is 0 Å². The van der Waals surface area contributed by atoms with E-state index in [4.69, 9.17) is 4.74 Å². The molecule has 0 aliphatic rings. The van der Waals surface area contributed by atoms with Crippen molar-refractivity contribution in [3.63, 3.8) is 0 Å². The van der Waals surface area contributed by atoms with E-state index >= 15 is 0 Å². The molecule has 18 heavy (non-hydrogen) atoms. The normalized spacial score (nSPS) is 14.3. The van der Waals surface area contributed by atoms with Gasteiger partial charge in [-0.15, -0.1) is 0 Å². The zero-order valence-electron chi connectivity index (χ0n) is 11.0. The van der Waals surface area contributed by atoms with Crippen LogP contribution in [0.3, 0.4) is 0 Å². The lowest BCUT2D eigenvalue weighted by molar-refractivity contribution is 0.0845. The fraction of sp³-hybridized carbons (Fsp3) is 0.538. The number of ether oxygens (including phenoxy) is 1. The SMILES string of the molecule is COc1cccc(CNCC(C)(O)CSC)c1F. The molecule has 1 rings (SSSR count). The molecule has 1 atom stereocenters. The summed E-state index contributed by atoms with van der Waals surface area (Å²) >= 11 is 1.58. The largest absolute Gasteiger partial charge is 0.494 e. The lowest BCUT2D eigenvalue weighted by atomic mass is 10.1. The Morgan fingerprint density at radius 1 is 1.50 bits per heavy atom. The van der Waals surface area contributed by atoms with Gasteiger partial charge in [-0.1, -0.05) is 12.1 Å². The first-order valence-electron chi connectivity index (χ1n) is 5.73. The minimum Gasteiger partial charge on any atom is -0.494 e. The molecule has 1 unspecified atom stereocenters. The van der Waals surface area contributed by atoms with Crippen molar-refractivity contribution in [3.8, 4) is 5.75 Å². The van der Waals surface area contributed by atoms with Gasteiger partial charge >= 0.3 is 0 Å². The van der Waals surface area contributed by atoms with Gasteiger partial charge in [-0.2, -0.15) is 11.8 Å². The maximum absolute atomic E-state index is 13.8. The number of thioether (sulfide) groups is 1. The molecule has 1 aromatic carbocycles. The van der Waals surface area contributed by atoms with Crippen LogP contribution < -0.4 is 10.1 Å². The Hall–Kier alpha value is -0.780. The summed E-state index contributed by atoms with van der Waals surface area (Å²) in [7, 11) is 1.44. The van der Waals surface area contributed by atoms with E-state index in [1.54, 1.807) is 36.9 Å². The van der Waals surface area contributed by atoms with Crippen LogP contribution in [-0.4, -0.2) is 36.4 Å². The summed E-state index contributed by atoms with van der Waals surface area (Å²) in [6, 6.07) is 5.04. The molecule has 0 aliphatic carbocycles. The van der Waals surface area contributed by atoms with Crippen molar-refractivity contribution >= 4 is 11.8 Å². The number of methoxy groups -OCH3 is 1. The van der Waals surface area contributed by atoms with Gasteiger partial charge < -0.3 is 15.2 Å². The highest BCUT2D eigenvalue weighted by atomic mass is 32.2. The fourth-order valence-electron chi connectivity index (χ4n) is 1.68. The summed E-state index contributed by atoms with van der Waals surface area (Å²) in [5, 5.41) is 13.0. The van der Waals surface area contributed by atoms with E-state index < -0.39 is 5.60 Å². The molecule has 0 aromatic heterocycles. The third kappa shape index (κ3) is 4.48. The van der Waals surface area contributed by atoms with Gasteiger partial charge in [0.15, 0.2) is 11.6 Å². The first-order valence-corrected chi connectivity index (χ1v) is 7.13. The van der Waals surface area contributed by atoms with Crippen LogP contribution in [0.1, 0.15) is 12.5 Å². The van der Waals surface area contributed by atoms with Gasteiger partial charge in [-0.25, -0.2) is 4.39 Å². The second kappa shape index (κ2) is 6.97. The number of aliphatic hydroxyl groups is 1. The first-order chi connectivity index (χ1) is 8.50. The lowest BCUT2D eigenvalue weighted by Gasteiger charge is -2.22. The molecular weight excluding hydrogens is 253 g/mol. The molecule has 0 radical (unpaired) electrons. The Balaban J connectivity index is 2.54. The zero-order chi connectivity index (χ0) is 13.6. The Labute approximate surface area is 112 Å². The van der Waals surface area contributed by atoms with E-state index in [0.29, 0.717) is 24.4 Å². The average molecular weight is 273 g/mol. The van der Waals surface area contributed by atoms with Crippen molar-refractivity contribution in [2.24, 2.45) is 0 Å². The smallest absolute Gasteiger partial charge is 0.169 e. The van der Waals surface area contributed by atoms with E-state index in [-0.39, 0.29) is 11.6 Å². The molecule has 102 valence electrons. The van der Waals surface area contributed by atoms with Gasteiger partial charge in [-0.05, 0) is 19.2 Å². The standard InChI is InChI=1S/C13H20FNO2S/c1-13(16,9-18-3)8-15-7-10-5-4-6-11(17-2)12(10)14/h4-6,15-16H,7-9H2,1-3H3. The number of hydrogen-bond acceptors (Lipinski definition) is 4. The summed E-state index contributed by atoms with van der Waals surface area (Å²) in [6.45, 7) is 2.55. The Bertz CT molecular complexity index is 385. The van der Waals surface area contributed by atoms with Gasteiger partial charge in [0.05, 0.1) is 12.7 Å². The fourth-order valence-corrected chi connectivity index (χ4v) is 2.40. The van der Waals surface area contributed by atoms with E-state index in [2.05, 4.69) is 5.32 Å². The summed E-state index contributed by atoms with van der Waals surface area (Å²) in [6.07, 6.45) is 1.94. The predicted octanol–water partition coefficient (Wildman–Crippen LogP) is 2.04. The first kappa shape index (κ1) is 15.3. The second-order valence-corrected chi connectivity index (χ2v) is 5.33. The van der Waals surface area contributed by atoms with Crippen molar-refractivity contribution in [1.29, 1.82) is 0 Å². The van der Waals surface area contributed by atoms with Crippen molar-refractivity contribution < 1.29 is 14.2 Å². The van der Waals surface area contributed by atoms with Gasteiger partial charge in [0, 0.05) is 24.4 Å². The molecule has 0 saturated heterocycles. The van der Waals surface area contributed by atoms with Gasteiger partial charge in [-0.3, -0.25) is 0 Å². The molecule has 0 aliphatic heterocycles. The van der Waals surface area contributed by atoms with Crippen LogP contribution in [0, 0.1) is 5.82 Å². The van der Waals surface area contributed by atoms with Crippen LogP contribution in [-0.2, 0) is 6.54 Å². The van der Waals surface area contributed by atoms with Crippen LogP contribution >= 0.6 is 11.8 Å². The van der Waals surface area contributed by atoms with Gasteiger partial charge in [0.25, 0.3) is 0 Å². The molecule has 0 fully saturated rings. The average Bonchev–Trinajstić information content (AvgIpc) is 2.31. The maximum atomic E-state index is 13.8. The van der Waals surface area contributed by atoms with Gasteiger partial charge in [0.2, 0.25) is 0 Å². The molecule has 1 aromatic rings. The molecule has 2 N–H and O–H groups in total. The number of halogens is 1. The van der Waals surface area contributed by atoms with Crippen LogP contribution in [0.25, 0.3) is 0 Å². The molecule has 0 spiro atoms. The van der Waals surface area contributed by atoms with Crippen LogP contribution in [0.4, 0.5) is 4.39 Å². The Morgan fingerprint density at radius 2 is 2.22 bits per heavy atom. The Kier molecular flexibility index (Phi) is 5.91. The summed E-state index contributed by atoms with van der Waals surface area (Å²) in [4.78, 5) is 0. The molecule has 3 nitrogen and oxygen atoms in total. The maximum Gasteiger partial charge on any atom is 0.169 e. The lowest BCUT2D eigenvalue weighted by Crippen LogP contribution is -2.39. The van der Waals surface area contributed by atoms with Crippen molar-refractivity contribution in [3.05, 3.63) is 29.6 Å². The third-order valence-electron chi connectivity index (χ3n) is 2.54. The van der Waals surface area contributed by atoms with Crippen molar-refractivity contribution in [2.45, 2.75) is 19.1 Å². The minimum absolute atomic E-state index is 0.241. The van der Waals surface area contributed by atoms with Gasteiger partial charge in [0.1, 0.15) is 0 Å². The molecule has 0 bridgehead atoms. The van der Waals surface area contributed by atoms with Crippen LogP contribution in [0.15, 0.2) is 18.2 Å². The summed E-state index contributed by atoms with van der Waals surface area (Å²) in [5.41, 5.74) is -0.247. The monoisotopic (exact) mass is 273 g/mol. The highest BCUT2D eigenvalue weighted by Gasteiger charge is 2.19. The second-order valence-electron chi connectivity index (χ2n) is 4.47. The number of rotatable bonds is 7. The zero-order valence-corrected chi connectivity index (χ0v) is 11.8. The molecule has 0 amide bonds. The summed E-state index contributed by atoms with van der Waals surface area (Å²) < 4.78 is 18.7. The van der Waals surface area contributed by atoms with Crippen molar-refractivity contribution in [1.82, 2.24) is 5.32 Å². The quantitative estimate of drug-likeness (QED) is 0.798. The predicted molar refractivity (Wildman–Crippen MR) is 73.7 cm³/mol. The molecule has 0 saturated carbocycles. The third-order valence-corrected chi connectivity index (χ3v) is 3.45. The topological polar surface area (TPSA) is 41.5 Å². The van der Waals surface area contributed by atoms with Crippen LogP contribution in [0.2, 0.25) is 0 Å². The highest BCUT2D eigenvalue weighted by Crippen LogP contribution is 2.19. The van der Waals surface area contributed by atoms with E-state index in [1.807, 2.05) is 6.26 Å². The Morgan fingerprint density at radius 3 is 2.83 bits per heavy atom. The van der Waals surface area contributed by atoms with Crippen molar-refractivity contribution in [2.75, 3.05) is 25.7 Å². The minimum atomic E-state index is -0.783. The highest BCUT2D eigenvalue weighted by molar-refractivity contribution is 7.98. The molecule has 0 heterocycles. The number of nitrogens with one attached hydrogen (secondary N) is 1. The molecule has 5 heteroatoms. The number of hydrogen-bond donors (Lipinski definition) is 2. The van der Waals surface area contributed by atoms with E-state index in [9.17, 15) is 9.50 Å². The number of benzene rings is 1.